The Morgan fingerprint density at radius 2 is 1.80 bits per heavy atom. The minimum absolute atomic E-state index is 0.170. The van der Waals surface area contributed by atoms with E-state index in [0.29, 0.717) is 44.2 Å². The van der Waals surface area contributed by atoms with E-state index < -0.39 is 5.97 Å². The summed E-state index contributed by atoms with van der Waals surface area (Å²) in [5, 5.41) is 4.21. The number of ether oxygens (including phenoxy) is 4. The molecule has 3 heterocycles. The maximum Gasteiger partial charge on any atom is 0.341 e. The van der Waals surface area contributed by atoms with Crippen LogP contribution in [0.5, 0.6) is 17.2 Å². The molecule has 0 unspecified atom stereocenters. The molecule has 204 valence electrons. The highest BCUT2D eigenvalue weighted by molar-refractivity contribution is 7.17. The summed E-state index contributed by atoms with van der Waals surface area (Å²) in [6.45, 7) is 0.170. The molecule has 1 aliphatic carbocycles. The Balaban J connectivity index is 1.32. The van der Waals surface area contributed by atoms with Gasteiger partial charge in [0.2, 0.25) is 6.79 Å². The number of methoxy groups -OCH3 is 2. The molecule has 0 radical (unpaired) electrons. The van der Waals surface area contributed by atoms with Crippen molar-refractivity contribution < 1.29 is 28.5 Å². The fraction of sp³-hybridized carbons (Fsp3) is 0.156. The van der Waals surface area contributed by atoms with Crippen LogP contribution in [0.25, 0.3) is 33.3 Å². The lowest BCUT2D eigenvalue weighted by atomic mass is 9.88. The number of nitrogens with one attached hydrogen (secondary N) is 1. The number of amides is 1. The van der Waals surface area contributed by atoms with E-state index in [1.54, 1.807) is 13.2 Å². The lowest BCUT2D eigenvalue weighted by Crippen LogP contribution is -2.15. The largest absolute Gasteiger partial charge is 0.497 e. The summed E-state index contributed by atoms with van der Waals surface area (Å²) in [5.74, 6) is 1.22. The molecular formula is C32H24N2O6S. The highest BCUT2D eigenvalue weighted by atomic mass is 32.1. The lowest BCUT2D eigenvalue weighted by Gasteiger charge is -2.18. The first kappa shape index (κ1) is 25.1. The molecule has 0 bridgehead atoms. The number of rotatable bonds is 5. The van der Waals surface area contributed by atoms with Crippen molar-refractivity contribution >= 4 is 39.1 Å². The van der Waals surface area contributed by atoms with Crippen molar-refractivity contribution in [1.29, 1.82) is 0 Å². The van der Waals surface area contributed by atoms with Crippen LogP contribution in [-0.4, -0.2) is 37.9 Å². The van der Waals surface area contributed by atoms with Crippen molar-refractivity contribution in [2.24, 2.45) is 0 Å². The first-order valence-electron chi connectivity index (χ1n) is 13.1. The third-order valence-corrected chi connectivity index (χ3v) is 8.59. The van der Waals surface area contributed by atoms with E-state index in [1.165, 1.54) is 18.4 Å². The van der Waals surface area contributed by atoms with Crippen LogP contribution in [0.1, 0.15) is 31.2 Å². The number of aromatic nitrogens is 1. The zero-order valence-corrected chi connectivity index (χ0v) is 23.1. The minimum Gasteiger partial charge on any atom is -0.497 e. The molecule has 0 saturated heterocycles. The van der Waals surface area contributed by atoms with Crippen LogP contribution in [0, 0.1) is 0 Å². The highest BCUT2D eigenvalue weighted by Crippen LogP contribution is 2.46. The summed E-state index contributed by atoms with van der Waals surface area (Å²) >= 11 is 1.41. The van der Waals surface area contributed by atoms with Gasteiger partial charge in [0, 0.05) is 21.4 Å². The fourth-order valence-electron chi connectivity index (χ4n) is 5.46. The van der Waals surface area contributed by atoms with E-state index >= 15 is 0 Å². The van der Waals surface area contributed by atoms with Crippen molar-refractivity contribution in [3.8, 4) is 39.6 Å². The SMILES string of the molecule is COC(=O)c1c(NC(=O)c2cc(-c3ccc4c(c3)OCO4)nc3ccccc23)sc2c1-c1ccc(OC)cc1CC2. The number of carbonyl (C=O) groups is 2. The second-order valence-electron chi connectivity index (χ2n) is 9.71. The van der Waals surface area contributed by atoms with Gasteiger partial charge >= 0.3 is 5.97 Å². The average molecular weight is 565 g/mol. The molecule has 0 fully saturated rings. The second-order valence-corrected chi connectivity index (χ2v) is 10.8. The van der Waals surface area contributed by atoms with Crippen LogP contribution >= 0.6 is 11.3 Å². The molecule has 1 aliphatic heterocycles. The van der Waals surface area contributed by atoms with Crippen LogP contribution in [0.4, 0.5) is 5.00 Å². The molecule has 8 nitrogen and oxygen atoms in total. The summed E-state index contributed by atoms with van der Waals surface area (Å²) in [4.78, 5) is 32.9. The first-order valence-corrected chi connectivity index (χ1v) is 13.9. The van der Waals surface area contributed by atoms with Crippen LogP contribution in [0.2, 0.25) is 0 Å². The number of pyridine rings is 1. The van der Waals surface area contributed by atoms with Gasteiger partial charge in [-0.1, -0.05) is 24.3 Å². The van der Waals surface area contributed by atoms with Gasteiger partial charge in [0.1, 0.15) is 16.3 Å². The zero-order chi connectivity index (χ0) is 28.1. The molecule has 0 spiro atoms. The van der Waals surface area contributed by atoms with E-state index in [4.69, 9.17) is 23.9 Å². The van der Waals surface area contributed by atoms with Gasteiger partial charge in [-0.05, 0) is 66.4 Å². The van der Waals surface area contributed by atoms with E-state index in [2.05, 4.69) is 5.32 Å². The van der Waals surface area contributed by atoms with Gasteiger partial charge in [-0.3, -0.25) is 4.79 Å². The van der Waals surface area contributed by atoms with Crippen molar-refractivity contribution in [2.45, 2.75) is 12.8 Å². The molecule has 2 aromatic heterocycles. The van der Waals surface area contributed by atoms with E-state index in [-0.39, 0.29) is 12.7 Å². The number of benzene rings is 3. The van der Waals surface area contributed by atoms with Crippen molar-refractivity contribution in [3.63, 3.8) is 0 Å². The van der Waals surface area contributed by atoms with Crippen LogP contribution in [0.3, 0.4) is 0 Å². The molecule has 0 saturated carbocycles. The number of fused-ring (bicyclic) bond motifs is 5. The van der Waals surface area contributed by atoms with E-state index in [0.717, 1.165) is 45.7 Å². The van der Waals surface area contributed by atoms with Crippen molar-refractivity contribution in [3.05, 3.63) is 88.3 Å². The normalized spacial score (nSPS) is 12.9. The van der Waals surface area contributed by atoms with E-state index in [9.17, 15) is 9.59 Å². The number of para-hydroxylation sites is 1. The smallest absolute Gasteiger partial charge is 0.341 e. The van der Waals surface area contributed by atoms with Gasteiger partial charge in [-0.25, -0.2) is 9.78 Å². The third kappa shape index (κ3) is 4.25. The molecule has 0 atom stereocenters. The Labute approximate surface area is 239 Å². The van der Waals surface area contributed by atoms with Crippen LogP contribution < -0.4 is 19.5 Å². The fourth-order valence-corrected chi connectivity index (χ4v) is 6.65. The maximum atomic E-state index is 14.0. The van der Waals surface area contributed by atoms with Crippen LogP contribution in [-0.2, 0) is 17.6 Å². The van der Waals surface area contributed by atoms with Gasteiger partial charge in [0.25, 0.3) is 5.91 Å². The zero-order valence-electron chi connectivity index (χ0n) is 22.3. The number of hydrogen-bond acceptors (Lipinski definition) is 8. The summed E-state index contributed by atoms with van der Waals surface area (Å²) in [6, 6.07) is 20.7. The standard InChI is InChI=1S/C32H24N2O6S/c1-37-19-9-10-20-17(13-19)8-12-27-28(20)29(32(36)38-2)31(41-27)34-30(35)22-15-24(33-23-6-4-3-5-21(22)23)18-7-11-25-26(14-18)40-16-39-25/h3-7,9-11,13-15H,8,12,16H2,1-2H3,(H,34,35). The van der Waals surface area contributed by atoms with Gasteiger partial charge < -0.3 is 24.3 Å². The molecular weight excluding hydrogens is 540 g/mol. The average Bonchev–Trinajstić information content (AvgIpc) is 3.63. The number of hydrogen-bond donors (Lipinski definition) is 1. The first-order chi connectivity index (χ1) is 20.0. The van der Waals surface area contributed by atoms with Gasteiger partial charge in [0.15, 0.2) is 11.5 Å². The predicted molar refractivity (Wildman–Crippen MR) is 156 cm³/mol. The second kappa shape index (κ2) is 9.94. The third-order valence-electron chi connectivity index (χ3n) is 7.43. The molecule has 2 aliphatic rings. The molecule has 3 aromatic carbocycles. The van der Waals surface area contributed by atoms with Crippen molar-refractivity contribution in [2.75, 3.05) is 26.3 Å². The highest BCUT2D eigenvalue weighted by Gasteiger charge is 2.31. The monoisotopic (exact) mass is 564 g/mol. The molecule has 1 amide bonds. The number of thiophene rings is 1. The van der Waals surface area contributed by atoms with Gasteiger partial charge in [0.05, 0.1) is 31.0 Å². The topological polar surface area (TPSA) is 96.0 Å². The number of nitrogens with zero attached hydrogens (tertiary/aromatic N) is 1. The number of aryl methyl sites for hydroxylation is 2. The Kier molecular flexibility index (Phi) is 6.09. The molecule has 9 heteroatoms. The minimum atomic E-state index is -0.498. The molecule has 7 rings (SSSR count). The molecule has 1 N–H and O–H groups in total. The summed E-state index contributed by atoms with van der Waals surface area (Å²) in [7, 11) is 2.98. The maximum absolute atomic E-state index is 14.0. The van der Waals surface area contributed by atoms with Gasteiger partial charge in [-0.15, -0.1) is 11.3 Å². The van der Waals surface area contributed by atoms with Crippen LogP contribution in [0.15, 0.2) is 66.7 Å². The van der Waals surface area contributed by atoms with E-state index in [1.807, 2.05) is 60.7 Å². The molecule has 5 aromatic rings. The Bertz CT molecular complexity index is 1880. The number of carbonyl (C=O) groups excluding carboxylic acids is 2. The summed E-state index contributed by atoms with van der Waals surface area (Å²) < 4.78 is 21.6. The summed E-state index contributed by atoms with van der Waals surface area (Å²) in [5.41, 5.74) is 5.74. The molecule has 41 heavy (non-hydrogen) atoms. The lowest BCUT2D eigenvalue weighted by molar-refractivity contribution is 0.0603. The van der Waals surface area contributed by atoms with Crippen molar-refractivity contribution in [1.82, 2.24) is 4.98 Å². The summed E-state index contributed by atoms with van der Waals surface area (Å²) in [6.07, 6.45) is 1.55. The quantitative estimate of drug-likeness (QED) is 0.243. The number of esters is 1. The predicted octanol–water partition coefficient (Wildman–Crippen LogP) is 6.51. The Morgan fingerprint density at radius 3 is 2.66 bits per heavy atom. The Morgan fingerprint density at radius 1 is 0.951 bits per heavy atom. The van der Waals surface area contributed by atoms with Gasteiger partial charge in [-0.2, -0.15) is 0 Å². The number of anilines is 1. The Hall–Kier alpha value is -4.89.